The molecule has 3 heterocycles. The SMILES string of the molecule is CN(C)C1CCN(C(=O)c2ccc(NC(=O)c3cc4c(nn3)NCCN4Cc3cc(Cl)ccc3Cl)cc2)CC1. The van der Waals surface area contributed by atoms with Crippen LogP contribution in [0.3, 0.4) is 0 Å². The first kappa shape index (κ1) is 27.2. The summed E-state index contributed by atoms with van der Waals surface area (Å²) in [6.45, 7) is 3.39. The van der Waals surface area contributed by atoms with E-state index in [1.165, 1.54) is 0 Å². The monoisotopic (exact) mass is 567 g/mol. The van der Waals surface area contributed by atoms with Crippen LogP contribution in [0.15, 0.2) is 48.5 Å². The third-order valence-corrected chi connectivity index (χ3v) is 7.87. The lowest BCUT2D eigenvalue weighted by Gasteiger charge is -2.35. The molecule has 1 saturated heterocycles. The van der Waals surface area contributed by atoms with E-state index >= 15 is 0 Å². The van der Waals surface area contributed by atoms with Crippen LogP contribution in [0, 0.1) is 0 Å². The maximum atomic E-state index is 13.0. The van der Waals surface area contributed by atoms with Crippen molar-refractivity contribution in [1.82, 2.24) is 20.0 Å². The van der Waals surface area contributed by atoms with Crippen molar-refractivity contribution >= 4 is 52.2 Å². The lowest BCUT2D eigenvalue weighted by Crippen LogP contribution is -2.44. The molecule has 2 aliphatic heterocycles. The highest BCUT2D eigenvalue weighted by Crippen LogP contribution is 2.31. The number of aromatic nitrogens is 2. The minimum Gasteiger partial charge on any atom is -0.365 e. The van der Waals surface area contributed by atoms with E-state index in [9.17, 15) is 9.59 Å². The van der Waals surface area contributed by atoms with Crippen molar-refractivity contribution < 1.29 is 9.59 Å². The number of hydrogen-bond donors (Lipinski definition) is 2. The first-order valence-electron chi connectivity index (χ1n) is 13.0. The van der Waals surface area contributed by atoms with Crippen LogP contribution in [0.4, 0.5) is 17.2 Å². The Hall–Kier alpha value is -3.40. The van der Waals surface area contributed by atoms with Gasteiger partial charge in [-0.1, -0.05) is 23.2 Å². The zero-order valence-electron chi connectivity index (χ0n) is 22.0. The molecule has 0 radical (unpaired) electrons. The van der Waals surface area contributed by atoms with Crippen LogP contribution in [-0.2, 0) is 6.54 Å². The molecule has 2 N–H and O–H groups in total. The average Bonchev–Trinajstić information content (AvgIpc) is 2.95. The molecule has 204 valence electrons. The number of carbonyl (C=O) groups is 2. The van der Waals surface area contributed by atoms with Crippen LogP contribution in [0.25, 0.3) is 0 Å². The summed E-state index contributed by atoms with van der Waals surface area (Å²) in [6, 6.07) is 14.6. The van der Waals surface area contributed by atoms with Gasteiger partial charge in [0.25, 0.3) is 11.8 Å². The Morgan fingerprint density at radius 2 is 1.77 bits per heavy atom. The second-order valence-electron chi connectivity index (χ2n) is 10.1. The maximum Gasteiger partial charge on any atom is 0.276 e. The summed E-state index contributed by atoms with van der Waals surface area (Å²) in [5, 5.41) is 15.7. The van der Waals surface area contributed by atoms with Gasteiger partial charge in [-0.05, 0) is 81.0 Å². The minimum absolute atomic E-state index is 0.0121. The molecule has 5 rings (SSSR count). The van der Waals surface area contributed by atoms with E-state index in [1.54, 1.807) is 42.5 Å². The van der Waals surface area contributed by atoms with Gasteiger partial charge >= 0.3 is 0 Å². The fourth-order valence-corrected chi connectivity index (χ4v) is 5.35. The van der Waals surface area contributed by atoms with Crippen molar-refractivity contribution in [2.75, 3.05) is 55.8 Å². The number of carbonyl (C=O) groups excluding carboxylic acids is 2. The van der Waals surface area contributed by atoms with E-state index in [0.717, 1.165) is 37.2 Å². The predicted octanol–water partition coefficient (Wildman–Crippen LogP) is 4.63. The van der Waals surface area contributed by atoms with Crippen LogP contribution < -0.4 is 15.5 Å². The van der Waals surface area contributed by atoms with E-state index in [2.05, 4.69) is 44.7 Å². The summed E-state index contributed by atoms with van der Waals surface area (Å²) in [5.74, 6) is 0.230. The van der Waals surface area contributed by atoms with E-state index < -0.39 is 0 Å². The number of nitrogens with zero attached hydrogens (tertiary/aromatic N) is 5. The van der Waals surface area contributed by atoms with E-state index in [0.29, 0.717) is 52.8 Å². The van der Waals surface area contributed by atoms with Gasteiger partial charge < -0.3 is 25.3 Å². The van der Waals surface area contributed by atoms with Crippen molar-refractivity contribution in [2.24, 2.45) is 0 Å². The van der Waals surface area contributed by atoms with Gasteiger partial charge in [0.05, 0.1) is 5.69 Å². The summed E-state index contributed by atoms with van der Waals surface area (Å²) >= 11 is 12.6. The van der Waals surface area contributed by atoms with Crippen molar-refractivity contribution in [3.8, 4) is 0 Å². The molecule has 2 amide bonds. The van der Waals surface area contributed by atoms with Gasteiger partial charge in [0.2, 0.25) is 0 Å². The number of benzene rings is 2. The van der Waals surface area contributed by atoms with Crippen molar-refractivity contribution in [1.29, 1.82) is 0 Å². The van der Waals surface area contributed by atoms with E-state index in [-0.39, 0.29) is 17.5 Å². The quantitative estimate of drug-likeness (QED) is 0.448. The number of nitrogens with one attached hydrogen (secondary N) is 2. The topological polar surface area (TPSA) is 93.7 Å². The standard InChI is InChI=1S/C28H31Cl2N7O2/c1-35(2)22-9-12-36(13-10-22)28(39)18-3-6-21(7-4-18)32-27(38)24-16-25-26(34-33-24)31-11-14-37(25)17-19-15-20(29)5-8-23(19)30/h3-8,15-16,22H,9-14,17H2,1-2H3,(H,31,34)(H,32,38). The largest absolute Gasteiger partial charge is 0.365 e. The Bertz CT molecular complexity index is 1360. The Balaban J connectivity index is 1.25. The summed E-state index contributed by atoms with van der Waals surface area (Å²) < 4.78 is 0. The van der Waals surface area contributed by atoms with Gasteiger partial charge in [0.15, 0.2) is 11.5 Å². The molecule has 1 aromatic heterocycles. The minimum atomic E-state index is -0.388. The lowest BCUT2D eigenvalue weighted by molar-refractivity contribution is 0.0663. The van der Waals surface area contributed by atoms with E-state index in [1.807, 2.05) is 11.0 Å². The number of piperidine rings is 1. The fourth-order valence-electron chi connectivity index (χ4n) is 4.98. The average molecular weight is 569 g/mol. The molecule has 39 heavy (non-hydrogen) atoms. The molecule has 0 atom stereocenters. The van der Waals surface area contributed by atoms with Crippen molar-refractivity contribution in [3.05, 3.63) is 75.4 Å². The Morgan fingerprint density at radius 1 is 1.03 bits per heavy atom. The molecule has 2 aliphatic rings. The van der Waals surface area contributed by atoms with Crippen LogP contribution in [0.5, 0.6) is 0 Å². The predicted molar refractivity (Wildman–Crippen MR) is 155 cm³/mol. The van der Waals surface area contributed by atoms with Gasteiger partial charge in [0, 0.05) is 60.1 Å². The fraction of sp³-hybridized carbons (Fsp3) is 0.357. The summed E-state index contributed by atoms with van der Waals surface area (Å²) in [5.41, 5.74) is 3.01. The third kappa shape index (κ3) is 6.27. The summed E-state index contributed by atoms with van der Waals surface area (Å²) in [7, 11) is 4.16. The summed E-state index contributed by atoms with van der Waals surface area (Å²) in [6.07, 6.45) is 1.93. The zero-order valence-corrected chi connectivity index (χ0v) is 23.5. The van der Waals surface area contributed by atoms with Gasteiger partial charge in [-0.3, -0.25) is 9.59 Å². The molecule has 0 unspecified atom stereocenters. The van der Waals surface area contributed by atoms with Gasteiger partial charge in [0.1, 0.15) is 0 Å². The number of halogens is 2. The second kappa shape index (κ2) is 11.8. The molecule has 1 fully saturated rings. The molecular formula is C28H31Cl2N7O2. The maximum absolute atomic E-state index is 13.0. The second-order valence-corrected chi connectivity index (χ2v) is 10.9. The number of amides is 2. The van der Waals surface area contributed by atoms with Crippen LogP contribution in [-0.4, -0.2) is 78.1 Å². The smallest absolute Gasteiger partial charge is 0.276 e. The molecule has 0 bridgehead atoms. The first-order valence-corrected chi connectivity index (χ1v) is 13.7. The first-order chi connectivity index (χ1) is 18.8. The lowest BCUT2D eigenvalue weighted by atomic mass is 10.0. The van der Waals surface area contributed by atoms with Gasteiger partial charge in [-0.15, -0.1) is 10.2 Å². The van der Waals surface area contributed by atoms with Crippen molar-refractivity contribution in [2.45, 2.75) is 25.4 Å². The third-order valence-electron chi connectivity index (χ3n) is 7.26. The van der Waals surface area contributed by atoms with Crippen LogP contribution in [0.1, 0.15) is 39.3 Å². The molecule has 3 aromatic rings. The summed E-state index contributed by atoms with van der Waals surface area (Å²) in [4.78, 5) is 32.2. The number of likely N-dealkylation sites (tertiary alicyclic amines) is 1. The Morgan fingerprint density at radius 3 is 2.49 bits per heavy atom. The number of hydrogen-bond acceptors (Lipinski definition) is 7. The zero-order chi connectivity index (χ0) is 27.5. The molecule has 9 nitrogen and oxygen atoms in total. The van der Waals surface area contributed by atoms with E-state index in [4.69, 9.17) is 23.2 Å². The Kier molecular flexibility index (Phi) is 8.20. The molecule has 0 aliphatic carbocycles. The Labute approximate surface area is 238 Å². The highest BCUT2D eigenvalue weighted by atomic mass is 35.5. The molecule has 0 spiro atoms. The van der Waals surface area contributed by atoms with Crippen molar-refractivity contribution in [3.63, 3.8) is 0 Å². The normalized spacial score (nSPS) is 15.6. The molecule has 11 heteroatoms. The number of fused-ring (bicyclic) bond motifs is 1. The number of rotatable bonds is 6. The molecular weight excluding hydrogens is 537 g/mol. The highest BCUT2D eigenvalue weighted by Gasteiger charge is 2.25. The van der Waals surface area contributed by atoms with Gasteiger partial charge in [-0.25, -0.2) is 0 Å². The highest BCUT2D eigenvalue weighted by molar-refractivity contribution is 6.33. The number of anilines is 3. The molecule has 0 saturated carbocycles. The van der Waals surface area contributed by atoms with Crippen LogP contribution in [0.2, 0.25) is 10.0 Å². The van der Waals surface area contributed by atoms with Gasteiger partial charge in [-0.2, -0.15) is 0 Å². The van der Waals surface area contributed by atoms with Crippen LogP contribution >= 0.6 is 23.2 Å². The molecule has 2 aromatic carbocycles.